The van der Waals surface area contributed by atoms with Gasteiger partial charge in [-0.05, 0) is 48.0 Å². The zero-order valence-electron chi connectivity index (χ0n) is 12.2. The average Bonchev–Trinajstić information content (AvgIpc) is 2.54. The molecule has 2 aromatic carbocycles. The first-order valence-electron chi connectivity index (χ1n) is 6.61. The van der Waals surface area contributed by atoms with Crippen molar-refractivity contribution in [2.24, 2.45) is 5.14 Å². The predicted octanol–water partition coefficient (Wildman–Crippen LogP) is 2.02. The van der Waals surface area contributed by atoms with E-state index >= 15 is 0 Å². The molecule has 3 N–H and O–H groups in total. The van der Waals surface area contributed by atoms with E-state index in [9.17, 15) is 17.6 Å². The maximum Gasteiger partial charge on any atom is 0.266 e. The molecule has 0 aliphatic heterocycles. The van der Waals surface area contributed by atoms with Crippen LogP contribution in [0.4, 0.5) is 10.1 Å². The molecule has 0 spiro atoms. The lowest BCUT2D eigenvalue weighted by atomic mass is 10.1. The lowest BCUT2D eigenvalue weighted by Gasteiger charge is -2.05. The molecule has 6 nitrogen and oxygen atoms in total. The fourth-order valence-electron chi connectivity index (χ4n) is 1.80. The van der Waals surface area contributed by atoms with Crippen molar-refractivity contribution in [1.29, 1.82) is 5.26 Å². The number of hydrogen-bond acceptors (Lipinski definition) is 4. The van der Waals surface area contributed by atoms with Gasteiger partial charge < -0.3 is 5.32 Å². The van der Waals surface area contributed by atoms with E-state index in [0.29, 0.717) is 11.3 Å². The number of nitriles is 1. The Bertz CT molecular complexity index is 928. The topological polar surface area (TPSA) is 113 Å². The lowest BCUT2D eigenvalue weighted by molar-refractivity contribution is -0.112. The Morgan fingerprint density at radius 3 is 2.21 bits per heavy atom. The number of sulfonamides is 1. The second-order valence-corrected chi connectivity index (χ2v) is 6.31. The molecule has 0 aliphatic carbocycles. The van der Waals surface area contributed by atoms with Crippen LogP contribution in [0, 0.1) is 17.1 Å². The monoisotopic (exact) mass is 345 g/mol. The molecule has 0 bridgehead atoms. The molecule has 24 heavy (non-hydrogen) atoms. The highest BCUT2D eigenvalue weighted by molar-refractivity contribution is 7.89. The Balaban J connectivity index is 2.18. The summed E-state index contributed by atoms with van der Waals surface area (Å²) >= 11 is 0. The summed E-state index contributed by atoms with van der Waals surface area (Å²) in [5, 5.41) is 16.5. The lowest BCUT2D eigenvalue weighted by Crippen LogP contribution is -2.14. The van der Waals surface area contributed by atoms with Gasteiger partial charge in [-0.1, -0.05) is 12.1 Å². The van der Waals surface area contributed by atoms with Crippen LogP contribution in [0.1, 0.15) is 5.56 Å². The van der Waals surface area contributed by atoms with Gasteiger partial charge in [0.2, 0.25) is 10.0 Å². The van der Waals surface area contributed by atoms with Crippen LogP contribution >= 0.6 is 0 Å². The van der Waals surface area contributed by atoms with Gasteiger partial charge in [-0.15, -0.1) is 0 Å². The first-order chi connectivity index (χ1) is 11.3. The van der Waals surface area contributed by atoms with Gasteiger partial charge in [-0.2, -0.15) is 5.26 Å². The number of primary sulfonamides is 1. The van der Waals surface area contributed by atoms with E-state index in [1.807, 2.05) is 0 Å². The number of halogens is 1. The molecule has 122 valence electrons. The van der Waals surface area contributed by atoms with Gasteiger partial charge in [-0.3, -0.25) is 4.79 Å². The number of benzene rings is 2. The van der Waals surface area contributed by atoms with E-state index < -0.39 is 21.7 Å². The molecule has 0 aliphatic rings. The molecule has 1 amide bonds. The molecule has 0 aromatic heterocycles. The van der Waals surface area contributed by atoms with Gasteiger partial charge in [0.1, 0.15) is 17.5 Å². The van der Waals surface area contributed by atoms with Crippen molar-refractivity contribution in [3.05, 3.63) is 65.5 Å². The molecule has 0 heterocycles. The van der Waals surface area contributed by atoms with Crippen molar-refractivity contribution in [3.63, 3.8) is 0 Å². The van der Waals surface area contributed by atoms with E-state index in [1.165, 1.54) is 54.6 Å². The van der Waals surface area contributed by atoms with Gasteiger partial charge in [-0.25, -0.2) is 17.9 Å². The molecule has 0 saturated carbocycles. The van der Waals surface area contributed by atoms with Crippen LogP contribution in [0.5, 0.6) is 0 Å². The largest absolute Gasteiger partial charge is 0.321 e. The highest BCUT2D eigenvalue weighted by Gasteiger charge is 2.11. The fraction of sp³-hybridized carbons (Fsp3) is 0. The number of carbonyl (C=O) groups excluding carboxylic acids is 1. The predicted molar refractivity (Wildman–Crippen MR) is 86.4 cm³/mol. The quantitative estimate of drug-likeness (QED) is 0.652. The second-order valence-electron chi connectivity index (χ2n) is 4.74. The standard InChI is InChI=1S/C16H12FN3O3S/c17-13-3-1-11(2-4-13)9-12(10-18)16(21)20-14-5-7-15(8-6-14)24(19,22)23/h1-9H,(H,20,21)(H2,19,22,23)/b12-9+. The summed E-state index contributed by atoms with van der Waals surface area (Å²) in [6, 6.07) is 12.2. The summed E-state index contributed by atoms with van der Waals surface area (Å²) in [5.41, 5.74) is 0.609. The number of anilines is 1. The van der Waals surface area contributed by atoms with Crippen LogP contribution in [0.25, 0.3) is 6.08 Å². The number of carbonyl (C=O) groups is 1. The number of nitrogens with zero attached hydrogens (tertiary/aromatic N) is 1. The minimum atomic E-state index is -3.82. The normalized spacial score (nSPS) is 11.6. The molecular formula is C16H12FN3O3S. The van der Waals surface area contributed by atoms with Gasteiger partial charge >= 0.3 is 0 Å². The third-order valence-corrected chi connectivity index (χ3v) is 3.92. The van der Waals surface area contributed by atoms with E-state index in [-0.39, 0.29) is 10.5 Å². The van der Waals surface area contributed by atoms with Crippen molar-refractivity contribution in [2.45, 2.75) is 4.90 Å². The Morgan fingerprint density at radius 1 is 1.12 bits per heavy atom. The minimum Gasteiger partial charge on any atom is -0.321 e. The Hall–Kier alpha value is -3.02. The van der Waals surface area contributed by atoms with Crippen molar-refractivity contribution < 1.29 is 17.6 Å². The zero-order chi connectivity index (χ0) is 17.7. The van der Waals surface area contributed by atoms with Crippen LogP contribution < -0.4 is 10.5 Å². The van der Waals surface area contributed by atoms with E-state index in [0.717, 1.165) is 0 Å². The maximum atomic E-state index is 12.9. The van der Waals surface area contributed by atoms with E-state index in [1.54, 1.807) is 6.07 Å². The van der Waals surface area contributed by atoms with Crippen molar-refractivity contribution >= 4 is 27.7 Å². The Morgan fingerprint density at radius 2 is 1.71 bits per heavy atom. The number of rotatable bonds is 4. The summed E-state index contributed by atoms with van der Waals surface area (Å²) in [6.07, 6.45) is 1.31. The van der Waals surface area contributed by atoms with Crippen molar-refractivity contribution in [3.8, 4) is 6.07 Å². The van der Waals surface area contributed by atoms with Crippen molar-refractivity contribution in [1.82, 2.24) is 0 Å². The number of nitrogens with one attached hydrogen (secondary N) is 1. The van der Waals surface area contributed by atoms with Gasteiger partial charge in [0.05, 0.1) is 4.90 Å². The SMILES string of the molecule is N#C/C(=C\c1ccc(F)cc1)C(=O)Nc1ccc(S(N)(=O)=O)cc1. The summed E-state index contributed by atoms with van der Waals surface area (Å²) in [5.74, 6) is -1.10. The molecule has 0 unspecified atom stereocenters. The summed E-state index contributed by atoms with van der Waals surface area (Å²) in [7, 11) is -3.82. The molecule has 0 atom stereocenters. The summed E-state index contributed by atoms with van der Waals surface area (Å²) < 4.78 is 35.2. The average molecular weight is 345 g/mol. The van der Waals surface area contributed by atoms with Crippen LogP contribution in [0.15, 0.2) is 59.0 Å². The highest BCUT2D eigenvalue weighted by atomic mass is 32.2. The number of amides is 1. The van der Waals surface area contributed by atoms with E-state index in [4.69, 9.17) is 10.4 Å². The third kappa shape index (κ3) is 4.49. The third-order valence-electron chi connectivity index (χ3n) is 2.99. The van der Waals surface area contributed by atoms with Gasteiger partial charge in [0, 0.05) is 5.69 Å². The number of hydrogen-bond donors (Lipinski definition) is 2. The minimum absolute atomic E-state index is 0.0946. The van der Waals surface area contributed by atoms with Gasteiger partial charge in [0.25, 0.3) is 5.91 Å². The molecular weight excluding hydrogens is 333 g/mol. The first-order valence-corrected chi connectivity index (χ1v) is 8.16. The molecule has 2 rings (SSSR count). The fourth-order valence-corrected chi connectivity index (χ4v) is 2.32. The summed E-state index contributed by atoms with van der Waals surface area (Å²) in [4.78, 5) is 12.0. The van der Waals surface area contributed by atoms with E-state index in [2.05, 4.69) is 5.32 Å². The van der Waals surface area contributed by atoms with Crippen LogP contribution in [-0.4, -0.2) is 14.3 Å². The first kappa shape index (κ1) is 17.3. The van der Waals surface area contributed by atoms with Gasteiger partial charge in [0.15, 0.2) is 0 Å². The van der Waals surface area contributed by atoms with Crippen LogP contribution in [0.2, 0.25) is 0 Å². The second kappa shape index (κ2) is 7.04. The number of nitrogens with two attached hydrogens (primary N) is 1. The Labute approximate surface area is 138 Å². The van der Waals surface area contributed by atoms with Crippen molar-refractivity contribution in [2.75, 3.05) is 5.32 Å². The zero-order valence-corrected chi connectivity index (χ0v) is 13.0. The smallest absolute Gasteiger partial charge is 0.266 e. The Kier molecular flexibility index (Phi) is 5.08. The maximum absolute atomic E-state index is 12.9. The molecule has 8 heteroatoms. The van der Waals surface area contributed by atoms with Crippen LogP contribution in [-0.2, 0) is 14.8 Å². The molecule has 0 saturated heterocycles. The molecule has 0 fully saturated rings. The highest BCUT2D eigenvalue weighted by Crippen LogP contribution is 2.15. The van der Waals surface area contributed by atoms with Crippen LogP contribution in [0.3, 0.4) is 0 Å². The molecule has 0 radical (unpaired) electrons. The summed E-state index contributed by atoms with van der Waals surface area (Å²) in [6.45, 7) is 0. The molecule has 2 aromatic rings.